The molecule has 1 unspecified atom stereocenters. The number of halogens is 1. The first-order valence-electron chi connectivity index (χ1n) is 12.5. The highest BCUT2D eigenvalue weighted by Crippen LogP contribution is 2.44. The molecule has 0 spiro atoms. The maximum atomic E-state index is 14.0. The van der Waals surface area contributed by atoms with Crippen LogP contribution in [-0.2, 0) is 19.4 Å². The van der Waals surface area contributed by atoms with Crippen molar-refractivity contribution < 1.29 is 13.9 Å². The molecular weight excluding hydrogens is 473 g/mol. The number of anilines is 1. The third-order valence-corrected chi connectivity index (χ3v) is 8.39. The molecule has 0 saturated carbocycles. The van der Waals surface area contributed by atoms with E-state index in [9.17, 15) is 9.18 Å². The smallest absolute Gasteiger partial charge is 0.323 e. The molecule has 184 valence electrons. The highest BCUT2D eigenvalue weighted by Gasteiger charge is 2.36. The zero-order valence-corrected chi connectivity index (χ0v) is 21.0. The van der Waals surface area contributed by atoms with Crippen LogP contribution in [0.15, 0.2) is 66.9 Å². The Morgan fingerprint density at radius 2 is 1.86 bits per heavy atom. The van der Waals surface area contributed by atoms with Crippen molar-refractivity contribution in [1.82, 2.24) is 9.47 Å². The molecular formula is C29H28FN3O2S. The number of carbonyl (C=O) groups is 1. The zero-order chi connectivity index (χ0) is 24.6. The molecule has 0 saturated heterocycles. The van der Waals surface area contributed by atoms with Crippen LogP contribution in [0.4, 0.5) is 14.9 Å². The average Bonchev–Trinajstić information content (AvgIpc) is 3.48. The Hall–Kier alpha value is -3.58. The number of thiophene rings is 1. The number of para-hydroxylation sites is 2. The zero-order valence-electron chi connectivity index (χ0n) is 20.2. The van der Waals surface area contributed by atoms with Gasteiger partial charge in [-0.2, -0.15) is 0 Å². The lowest BCUT2D eigenvalue weighted by Gasteiger charge is -2.31. The van der Waals surface area contributed by atoms with E-state index in [1.165, 1.54) is 46.0 Å². The van der Waals surface area contributed by atoms with Gasteiger partial charge in [-0.3, -0.25) is 0 Å². The van der Waals surface area contributed by atoms with Crippen LogP contribution in [0.25, 0.3) is 5.00 Å². The van der Waals surface area contributed by atoms with Gasteiger partial charge in [-0.05, 0) is 80.1 Å². The van der Waals surface area contributed by atoms with E-state index >= 15 is 0 Å². The molecule has 0 bridgehead atoms. The van der Waals surface area contributed by atoms with Gasteiger partial charge in [0.15, 0.2) is 0 Å². The number of carbonyl (C=O) groups excluding carboxylic acids is 1. The summed E-state index contributed by atoms with van der Waals surface area (Å²) in [6.07, 6.45) is 6.60. The molecule has 0 radical (unpaired) electrons. The number of benzene rings is 2. The number of aryl methyl sites for hydroxylation is 1. The van der Waals surface area contributed by atoms with Crippen LogP contribution in [0, 0.1) is 5.82 Å². The van der Waals surface area contributed by atoms with Gasteiger partial charge < -0.3 is 19.5 Å². The SMILES string of the molecule is CCOc1ccccc1NC(=O)N1Cc2c(sc3c2CCCC3)-n2cccc2C1c1ccc(F)cc1. The van der Waals surface area contributed by atoms with Crippen LogP contribution in [0.5, 0.6) is 5.75 Å². The molecule has 1 atom stereocenters. The van der Waals surface area contributed by atoms with Crippen molar-refractivity contribution in [2.45, 2.75) is 45.2 Å². The van der Waals surface area contributed by atoms with Gasteiger partial charge >= 0.3 is 6.03 Å². The summed E-state index contributed by atoms with van der Waals surface area (Å²) >= 11 is 1.85. The van der Waals surface area contributed by atoms with Gasteiger partial charge in [-0.1, -0.05) is 24.3 Å². The summed E-state index contributed by atoms with van der Waals surface area (Å²) < 4.78 is 21.9. The largest absolute Gasteiger partial charge is 0.492 e. The first kappa shape index (κ1) is 22.9. The number of hydrogen-bond acceptors (Lipinski definition) is 3. The van der Waals surface area contributed by atoms with E-state index < -0.39 is 0 Å². The number of nitrogens with zero attached hydrogens (tertiary/aromatic N) is 2. The van der Waals surface area contributed by atoms with Crippen molar-refractivity contribution in [2.75, 3.05) is 11.9 Å². The number of fused-ring (bicyclic) bond motifs is 5. The average molecular weight is 502 g/mol. The van der Waals surface area contributed by atoms with Gasteiger partial charge in [0.1, 0.15) is 16.6 Å². The van der Waals surface area contributed by atoms with Crippen molar-refractivity contribution in [3.63, 3.8) is 0 Å². The molecule has 5 nitrogen and oxygen atoms in total. The Labute approximate surface area is 214 Å². The maximum absolute atomic E-state index is 14.0. The summed E-state index contributed by atoms with van der Waals surface area (Å²) in [5.41, 5.74) is 5.12. The summed E-state index contributed by atoms with van der Waals surface area (Å²) in [5, 5.41) is 4.31. The van der Waals surface area contributed by atoms with Crippen LogP contribution in [0.1, 0.15) is 53.1 Å². The number of aromatic nitrogens is 1. The van der Waals surface area contributed by atoms with Crippen molar-refractivity contribution in [3.8, 4) is 10.8 Å². The second-order valence-electron chi connectivity index (χ2n) is 9.24. The van der Waals surface area contributed by atoms with Crippen molar-refractivity contribution >= 4 is 23.1 Å². The summed E-state index contributed by atoms with van der Waals surface area (Å²) in [6.45, 7) is 2.91. The van der Waals surface area contributed by atoms with Gasteiger partial charge in [-0.15, -0.1) is 11.3 Å². The fourth-order valence-electron chi connectivity index (χ4n) is 5.42. The standard InChI is InChI=1S/C29H28FN3O2S/c1-2-35-25-11-5-4-9-23(25)31-29(34)33-18-22-21-8-3-6-12-26(21)36-28(22)32-17-7-10-24(32)27(33)19-13-15-20(30)16-14-19/h4-5,7,9-11,13-17,27H,2-3,6,8,12,18H2,1H3,(H,31,34). The minimum absolute atomic E-state index is 0.215. The highest BCUT2D eigenvalue weighted by molar-refractivity contribution is 7.15. The number of hydrogen-bond donors (Lipinski definition) is 1. The molecule has 2 amide bonds. The fraction of sp³-hybridized carbons (Fsp3) is 0.276. The van der Waals surface area contributed by atoms with Crippen LogP contribution in [0.3, 0.4) is 0 Å². The number of urea groups is 1. The summed E-state index contributed by atoms with van der Waals surface area (Å²) in [4.78, 5) is 17.4. The Balaban J connectivity index is 1.48. The van der Waals surface area contributed by atoms with Crippen LogP contribution >= 0.6 is 11.3 Å². The molecule has 0 fully saturated rings. The molecule has 1 aliphatic heterocycles. The van der Waals surface area contributed by atoms with E-state index in [4.69, 9.17) is 4.74 Å². The normalized spacial score (nSPS) is 16.5. The molecule has 36 heavy (non-hydrogen) atoms. The van der Waals surface area contributed by atoms with E-state index in [-0.39, 0.29) is 17.9 Å². The fourth-order valence-corrected chi connectivity index (χ4v) is 6.82. The Morgan fingerprint density at radius 1 is 1.06 bits per heavy atom. The third kappa shape index (κ3) is 3.97. The third-order valence-electron chi connectivity index (χ3n) is 7.05. The van der Waals surface area contributed by atoms with Crippen molar-refractivity contribution in [2.24, 2.45) is 0 Å². The van der Waals surface area contributed by atoms with E-state index in [0.29, 0.717) is 24.6 Å². The maximum Gasteiger partial charge on any atom is 0.323 e. The molecule has 1 N–H and O–H groups in total. The molecule has 4 aromatic rings. The molecule has 7 heteroatoms. The molecule has 2 aromatic heterocycles. The topological polar surface area (TPSA) is 46.5 Å². The Kier molecular flexibility index (Phi) is 6.01. The van der Waals surface area contributed by atoms with Crippen LogP contribution in [-0.4, -0.2) is 22.1 Å². The molecule has 1 aliphatic carbocycles. The monoisotopic (exact) mass is 501 g/mol. The second-order valence-corrected chi connectivity index (χ2v) is 10.3. The van der Waals surface area contributed by atoms with E-state index in [1.807, 2.05) is 53.5 Å². The number of amides is 2. The quantitative estimate of drug-likeness (QED) is 0.324. The van der Waals surface area contributed by atoms with Gasteiger partial charge in [0, 0.05) is 16.6 Å². The lowest BCUT2D eigenvalue weighted by atomic mass is 9.95. The number of nitrogens with one attached hydrogen (secondary N) is 1. The van der Waals surface area contributed by atoms with E-state index in [1.54, 1.807) is 12.1 Å². The lowest BCUT2D eigenvalue weighted by molar-refractivity contribution is 0.194. The van der Waals surface area contributed by atoms with Gasteiger partial charge in [0.25, 0.3) is 0 Å². The second kappa shape index (κ2) is 9.47. The van der Waals surface area contributed by atoms with Gasteiger partial charge in [0.2, 0.25) is 0 Å². The van der Waals surface area contributed by atoms with E-state index in [2.05, 4.69) is 22.1 Å². The molecule has 2 aliphatic rings. The predicted molar refractivity (Wildman–Crippen MR) is 141 cm³/mol. The van der Waals surface area contributed by atoms with Gasteiger partial charge in [-0.25, -0.2) is 9.18 Å². The summed E-state index contributed by atoms with van der Waals surface area (Å²) in [7, 11) is 0. The molecule has 6 rings (SSSR count). The molecule has 3 heterocycles. The van der Waals surface area contributed by atoms with Crippen molar-refractivity contribution in [3.05, 3.63) is 99.9 Å². The summed E-state index contributed by atoms with van der Waals surface area (Å²) in [5.74, 6) is 0.344. The number of ether oxygens (including phenoxy) is 1. The van der Waals surface area contributed by atoms with E-state index in [0.717, 1.165) is 24.1 Å². The predicted octanol–water partition coefficient (Wildman–Crippen LogP) is 7.09. The molecule has 2 aromatic carbocycles. The Morgan fingerprint density at radius 3 is 2.69 bits per heavy atom. The first-order valence-corrected chi connectivity index (χ1v) is 13.3. The highest BCUT2D eigenvalue weighted by atomic mass is 32.1. The summed E-state index contributed by atoms with van der Waals surface area (Å²) in [6, 6.07) is 17.5. The Bertz CT molecular complexity index is 1410. The van der Waals surface area contributed by atoms with Crippen LogP contribution in [0.2, 0.25) is 0 Å². The van der Waals surface area contributed by atoms with Crippen LogP contribution < -0.4 is 10.1 Å². The van der Waals surface area contributed by atoms with Gasteiger partial charge in [0.05, 0.1) is 30.6 Å². The van der Waals surface area contributed by atoms with Crippen molar-refractivity contribution in [1.29, 1.82) is 0 Å². The minimum atomic E-state index is -0.376. The number of rotatable bonds is 4. The first-order chi connectivity index (χ1) is 17.6. The lowest BCUT2D eigenvalue weighted by Crippen LogP contribution is -2.38. The minimum Gasteiger partial charge on any atom is -0.492 e.